The number of aromatic nitrogens is 2. The van der Waals surface area contributed by atoms with E-state index in [1.54, 1.807) is 13.0 Å². The maximum atomic E-state index is 12.5. The minimum Gasteiger partial charge on any atom is -0.348 e. The average molecular weight is 290 g/mol. The summed E-state index contributed by atoms with van der Waals surface area (Å²) in [5.41, 5.74) is 8.06. The summed E-state index contributed by atoms with van der Waals surface area (Å²) in [5.74, 6) is 0.309. The van der Waals surface area contributed by atoms with Crippen LogP contribution in [0, 0.1) is 19.8 Å². The number of nitrogens with zero attached hydrogens (tertiary/aromatic N) is 2. The number of amides is 1. The SMILES string of the molecule is Cc1cc(C(=O)NC(CN)CC(C)C)c2c(C)noc2n1. The Hall–Kier alpha value is -1.95. The lowest BCUT2D eigenvalue weighted by molar-refractivity contribution is 0.0935. The van der Waals surface area contributed by atoms with Crippen LogP contribution in [0.3, 0.4) is 0 Å². The molecule has 2 aromatic rings. The first kappa shape index (κ1) is 15.4. The third kappa shape index (κ3) is 3.39. The van der Waals surface area contributed by atoms with Crippen molar-refractivity contribution in [2.75, 3.05) is 6.54 Å². The number of aryl methyl sites for hydroxylation is 2. The third-order valence-electron chi connectivity index (χ3n) is 3.37. The lowest BCUT2D eigenvalue weighted by Gasteiger charge is -2.19. The Morgan fingerprint density at radius 3 is 2.76 bits per heavy atom. The first-order chi connectivity index (χ1) is 9.92. The van der Waals surface area contributed by atoms with Crippen LogP contribution in [0.15, 0.2) is 10.6 Å². The summed E-state index contributed by atoms with van der Waals surface area (Å²) in [4.78, 5) is 16.8. The number of carbonyl (C=O) groups excluding carboxylic acids is 1. The van der Waals surface area contributed by atoms with Gasteiger partial charge in [-0.05, 0) is 32.3 Å². The van der Waals surface area contributed by atoms with Crippen molar-refractivity contribution >= 4 is 17.0 Å². The zero-order valence-corrected chi connectivity index (χ0v) is 12.9. The molecule has 114 valence electrons. The molecular formula is C15H22N4O2. The number of nitrogens with two attached hydrogens (primary N) is 1. The van der Waals surface area contributed by atoms with E-state index in [1.807, 2.05) is 6.92 Å². The van der Waals surface area contributed by atoms with Crippen LogP contribution in [0.4, 0.5) is 0 Å². The second-order valence-electron chi connectivity index (χ2n) is 5.79. The summed E-state index contributed by atoms with van der Waals surface area (Å²) in [6, 6.07) is 1.71. The zero-order valence-electron chi connectivity index (χ0n) is 12.9. The molecule has 0 aliphatic rings. The van der Waals surface area contributed by atoms with Crippen molar-refractivity contribution in [1.29, 1.82) is 0 Å². The Morgan fingerprint density at radius 1 is 1.43 bits per heavy atom. The normalized spacial score (nSPS) is 12.9. The molecule has 0 saturated heterocycles. The van der Waals surface area contributed by atoms with E-state index in [0.717, 1.165) is 12.1 Å². The number of carbonyl (C=O) groups is 1. The molecule has 3 N–H and O–H groups in total. The first-order valence-corrected chi connectivity index (χ1v) is 7.17. The first-order valence-electron chi connectivity index (χ1n) is 7.17. The van der Waals surface area contributed by atoms with E-state index in [4.69, 9.17) is 10.3 Å². The second kappa shape index (κ2) is 6.22. The van der Waals surface area contributed by atoms with Gasteiger partial charge in [-0.25, -0.2) is 4.98 Å². The molecule has 6 nitrogen and oxygen atoms in total. The van der Waals surface area contributed by atoms with Crippen molar-refractivity contribution in [1.82, 2.24) is 15.5 Å². The van der Waals surface area contributed by atoms with E-state index in [1.165, 1.54) is 0 Å². The summed E-state index contributed by atoms with van der Waals surface area (Å²) >= 11 is 0. The van der Waals surface area contributed by atoms with E-state index < -0.39 is 0 Å². The summed E-state index contributed by atoms with van der Waals surface area (Å²) in [6.07, 6.45) is 0.845. The zero-order chi connectivity index (χ0) is 15.6. The predicted molar refractivity (Wildman–Crippen MR) is 81.0 cm³/mol. The Morgan fingerprint density at radius 2 is 2.14 bits per heavy atom. The molecule has 2 aromatic heterocycles. The topological polar surface area (TPSA) is 94.0 Å². The van der Waals surface area contributed by atoms with E-state index in [-0.39, 0.29) is 11.9 Å². The molecule has 0 spiro atoms. The van der Waals surface area contributed by atoms with Gasteiger partial charge in [-0.3, -0.25) is 4.79 Å². The molecule has 1 unspecified atom stereocenters. The summed E-state index contributed by atoms with van der Waals surface area (Å²) in [5, 5.41) is 7.54. The minimum absolute atomic E-state index is 0.0406. The van der Waals surface area contributed by atoms with Gasteiger partial charge in [0.2, 0.25) is 0 Å². The van der Waals surface area contributed by atoms with E-state index in [2.05, 4.69) is 29.3 Å². The molecule has 0 fully saturated rings. The number of hydrogen-bond donors (Lipinski definition) is 2. The fourth-order valence-electron chi connectivity index (χ4n) is 2.44. The molecule has 2 heterocycles. The van der Waals surface area contributed by atoms with Gasteiger partial charge >= 0.3 is 0 Å². The molecule has 0 aliphatic carbocycles. The van der Waals surface area contributed by atoms with Gasteiger partial charge in [-0.15, -0.1) is 0 Å². The van der Waals surface area contributed by atoms with Crippen molar-refractivity contribution in [3.8, 4) is 0 Å². The highest BCUT2D eigenvalue weighted by atomic mass is 16.5. The molecule has 0 radical (unpaired) electrons. The number of fused-ring (bicyclic) bond motifs is 1. The van der Waals surface area contributed by atoms with Gasteiger partial charge in [0.1, 0.15) is 0 Å². The Kier molecular flexibility index (Phi) is 4.57. The standard InChI is InChI=1S/C15H22N4O2/c1-8(2)5-11(7-16)18-14(20)12-6-9(3)17-15-13(12)10(4)19-21-15/h6,8,11H,5,7,16H2,1-4H3,(H,18,20). The lowest BCUT2D eigenvalue weighted by atomic mass is 10.0. The average Bonchev–Trinajstić information content (AvgIpc) is 2.77. The monoisotopic (exact) mass is 290 g/mol. The molecule has 0 aromatic carbocycles. The van der Waals surface area contributed by atoms with Gasteiger partial charge in [0, 0.05) is 18.3 Å². The Bertz CT molecular complexity index is 648. The van der Waals surface area contributed by atoms with Crippen molar-refractivity contribution in [3.05, 3.63) is 23.0 Å². The van der Waals surface area contributed by atoms with Gasteiger partial charge < -0.3 is 15.6 Å². The van der Waals surface area contributed by atoms with E-state index in [9.17, 15) is 4.79 Å². The van der Waals surface area contributed by atoms with Gasteiger partial charge in [0.25, 0.3) is 11.6 Å². The molecule has 0 saturated carbocycles. The number of rotatable bonds is 5. The van der Waals surface area contributed by atoms with Crippen LogP contribution in [0.2, 0.25) is 0 Å². The van der Waals surface area contributed by atoms with Gasteiger partial charge in [0.05, 0.1) is 16.6 Å². The smallest absolute Gasteiger partial charge is 0.258 e. The van der Waals surface area contributed by atoms with Gasteiger partial charge in [0.15, 0.2) is 0 Å². The molecule has 0 bridgehead atoms. The molecule has 2 rings (SSSR count). The van der Waals surface area contributed by atoms with Gasteiger partial charge in [-0.2, -0.15) is 0 Å². The maximum Gasteiger partial charge on any atom is 0.258 e. The summed E-state index contributed by atoms with van der Waals surface area (Å²) in [6.45, 7) is 8.25. The maximum absolute atomic E-state index is 12.5. The van der Waals surface area contributed by atoms with Gasteiger partial charge in [-0.1, -0.05) is 19.0 Å². The van der Waals surface area contributed by atoms with Crippen molar-refractivity contribution in [2.24, 2.45) is 11.7 Å². The van der Waals surface area contributed by atoms with E-state index in [0.29, 0.717) is 34.8 Å². The van der Waals surface area contributed by atoms with Crippen LogP contribution in [0.25, 0.3) is 11.1 Å². The highest BCUT2D eigenvalue weighted by molar-refractivity contribution is 6.06. The highest BCUT2D eigenvalue weighted by Crippen LogP contribution is 2.22. The largest absolute Gasteiger partial charge is 0.348 e. The summed E-state index contributed by atoms with van der Waals surface area (Å²) < 4.78 is 5.15. The Balaban J connectivity index is 2.32. The van der Waals surface area contributed by atoms with Crippen LogP contribution in [0.1, 0.15) is 42.0 Å². The quantitative estimate of drug-likeness (QED) is 0.877. The van der Waals surface area contributed by atoms with Crippen LogP contribution in [0.5, 0.6) is 0 Å². The third-order valence-corrected chi connectivity index (χ3v) is 3.37. The molecule has 1 atom stereocenters. The second-order valence-corrected chi connectivity index (χ2v) is 5.79. The van der Waals surface area contributed by atoms with Crippen LogP contribution in [-0.2, 0) is 0 Å². The molecule has 0 aliphatic heterocycles. The molecular weight excluding hydrogens is 268 g/mol. The van der Waals surface area contributed by atoms with Crippen molar-refractivity contribution in [3.63, 3.8) is 0 Å². The van der Waals surface area contributed by atoms with Crippen LogP contribution in [-0.4, -0.2) is 28.6 Å². The minimum atomic E-state index is -0.159. The summed E-state index contributed by atoms with van der Waals surface area (Å²) in [7, 11) is 0. The highest BCUT2D eigenvalue weighted by Gasteiger charge is 2.20. The van der Waals surface area contributed by atoms with Crippen molar-refractivity contribution in [2.45, 2.75) is 40.2 Å². The predicted octanol–water partition coefficient (Wildman–Crippen LogP) is 1.94. The van der Waals surface area contributed by atoms with Crippen molar-refractivity contribution < 1.29 is 9.32 Å². The fraction of sp³-hybridized carbons (Fsp3) is 0.533. The van der Waals surface area contributed by atoms with E-state index >= 15 is 0 Å². The molecule has 21 heavy (non-hydrogen) atoms. The number of pyridine rings is 1. The number of nitrogens with one attached hydrogen (secondary N) is 1. The van der Waals surface area contributed by atoms with Crippen LogP contribution < -0.4 is 11.1 Å². The lowest BCUT2D eigenvalue weighted by Crippen LogP contribution is -2.41. The fourth-order valence-corrected chi connectivity index (χ4v) is 2.44. The number of hydrogen-bond acceptors (Lipinski definition) is 5. The molecule has 6 heteroatoms. The molecule has 1 amide bonds. The Labute approximate surface area is 124 Å². The van der Waals surface area contributed by atoms with Crippen LogP contribution >= 0.6 is 0 Å².